The third-order valence-corrected chi connectivity index (χ3v) is 5.47. The van der Waals surface area contributed by atoms with E-state index in [2.05, 4.69) is 11.8 Å². The molecule has 2 fully saturated rings. The molecule has 0 radical (unpaired) electrons. The number of benzene rings is 1. The molecule has 1 heterocycles. The van der Waals surface area contributed by atoms with Crippen LogP contribution >= 0.6 is 0 Å². The van der Waals surface area contributed by atoms with Crippen molar-refractivity contribution in [3.8, 4) is 5.75 Å². The minimum absolute atomic E-state index is 0.185. The van der Waals surface area contributed by atoms with Crippen molar-refractivity contribution in [1.29, 1.82) is 0 Å². The van der Waals surface area contributed by atoms with Gasteiger partial charge in [-0.15, -0.1) is 0 Å². The molecule has 2 aliphatic rings. The van der Waals surface area contributed by atoms with Gasteiger partial charge in [-0.05, 0) is 62.8 Å². The van der Waals surface area contributed by atoms with Gasteiger partial charge < -0.3 is 9.84 Å². The lowest BCUT2D eigenvalue weighted by atomic mass is 9.89. The van der Waals surface area contributed by atoms with E-state index in [4.69, 9.17) is 4.74 Å². The zero-order valence-electron chi connectivity index (χ0n) is 13.2. The third kappa shape index (κ3) is 2.95. The van der Waals surface area contributed by atoms with Crippen LogP contribution < -0.4 is 4.74 Å². The van der Waals surface area contributed by atoms with Crippen molar-refractivity contribution in [1.82, 2.24) is 4.90 Å². The van der Waals surface area contributed by atoms with Crippen LogP contribution in [0.15, 0.2) is 24.3 Å². The van der Waals surface area contributed by atoms with Gasteiger partial charge in [0.25, 0.3) is 0 Å². The first-order chi connectivity index (χ1) is 10.2. The van der Waals surface area contributed by atoms with Crippen LogP contribution in [0.4, 0.5) is 0 Å². The van der Waals surface area contributed by atoms with Crippen LogP contribution in [0.1, 0.15) is 50.7 Å². The molecule has 0 amide bonds. The lowest BCUT2D eigenvalue weighted by Crippen LogP contribution is -2.49. The number of nitrogens with zero attached hydrogens (tertiary/aromatic N) is 1. The zero-order valence-corrected chi connectivity index (χ0v) is 13.2. The van der Waals surface area contributed by atoms with Crippen LogP contribution in [0.5, 0.6) is 5.75 Å². The van der Waals surface area contributed by atoms with E-state index >= 15 is 0 Å². The van der Waals surface area contributed by atoms with Crippen LogP contribution in [0.25, 0.3) is 0 Å². The number of rotatable bonds is 4. The molecule has 3 heteroatoms. The Morgan fingerprint density at radius 3 is 2.57 bits per heavy atom. The van der Waals surface area contributed by atoms with E-state index < -0.39 is 6.10 Å². The molecule has 1 saturated heterocycles. The summed E-state index contributed by atoms with van der Waals surface area (Å²) in [6, 6.07) is 8.71. The Hall–Kier alpha value is -1.06. The molecule has 116 valence electrons. The van der Waals surface area contributed by atoms with Crippen molar-refractivity contribution in [3.63, 3.8) is 0 Å². The number of ether oxygens (including phenoxy) is 1. The summed E-state index contributed by atoms with van der Waals surface area (Å²) >= 11 is 0. The van der Waals surface area contributed by atoms with E-state index in [1.54, 1.807) is 7.11 Å². The molecule has 1 N–H and O–H groups in total. The van der Waals surface area contributed by atoms with E-state index in [1.165, 1.54) is 32.1 Å². The Balaban J connectivity index is 1.72. The Morgan fingerprint density at radius 1 is 1.14 bits per heavy atom. The number of piperidine rings is 1. The molecular formula is C18H27NO2. The average Bonchev–Trinajstić information content (AvgIpc) is 3.02. The standard InChI is InChI=1S/C18H27NO2/c1-13(18(20)15-8-10-16(21-2)11-9-15)19-12-4-6-14-5-3-7-17(14)19/h8-11,13-14,17-18,20H,3-7,12H2,1-2H3. The molecule has 1 saturated carbocycles. The van der Waals surface area contributed by atoms with E-state index in [9.17, 15) is 5.11 Å². The zero-order chi connectivity index (χ0) is 14.8. The summed E-state index contributed by atoms with van der Waals surface area (Å²) in [5.41, 5.74) is 0.989. The summed E-state index contributed by atoms with van der Waals surface area (Å²) in [5, 5.41) is 10.7. The predicted molar refractivity (Wildman–Crippen MR) is 84.5 cm³/mol. The highest BCUT2D eigenvalue weighted by molar-refractivity contribution is 5.29. The quantitative estimate of drug-likeness (QED) is 0.922. The van der Waals surface area contributed by atoms with Gasteiger partial charge in [0, 0.05) is 12.1 Å². The Labute approximate surface area is 127 Å². The molecule has 4 unspecified atom stereocenters. The van der Waals surface area contributed by atoms with Crippen LogP contribution in [0, 0.1) is 5.92 Å². The molecule has 0 aromatic heterocycles. The Morgan fingerprint density at radius 2 is 1.86 bits per heavy atom. The van der Waals surface area contributed by atoms with Gasteiger partial charge in [0.05, 0.1) is 13.2 Å². The molecule has 3 nitrogen and oxygen atoms in total. The number of hydrogen-bond acceptors (Lipinski definition) is 3. The Bertz CT molecular complexity index is 459. The van der Waals surface area contributed by atoms with E-state index in [0.717, 1.165) is 23.8 Å². The van der Waals surface area contributed by atoms with Gasteiger partial charge in [-0.3, -0.25) is 4.90 Å². The van der Waals surface area contributed by atoms with Crippen molar-refractivity contribution in [3.05, 3.63) is 29.8 Å². The van der Waals surface area contributed by atoms with Gasteiger partial charge in [-0.2, -0.15) is 0 Å². The molecule has 1 aliphatic heterocycles. The number of methoxy groups -OCH3 is 1. The fourth-order valence-corrected chi connectivity index (χ4v) is 4.26. The van der Waals surface area contributed by atoms with Gasteiger partial charge >= 0.3 is 0 Å². The number of fused-ring (bicyclic) bond motifs is 1. The molecular weight excluding hydrogens is 262 g/mol. The van der Waals surface area contributed by atoms with Crippen LogP contribution in [0.2, 0.25) is 0 Å². The van der Waals surface area contributed by atoms with Crippen molar-refractivity contribution in [2.24, 2.45) is 5.92 Å². The molecule has 21 heavy (non-hydrogen) atoms. The summed E-state index contributed by atoms with van der Waals surface area (Å²) < 4.78 is 5.19. The van der Waals surface area contributed by atoms with Crippen molar-refractivity contribution in [2.45, 2.75) is 57.2 Å². The second kappa shape index (κ2) is 6.37. The molecule has 3 rings (SSSR count). The first kappa shape index (κ1) is 14.9. The maximum Gasteiger partial charge on any atom is 0.118 e. The first-order valence-electron chi connectivity index (χ1n) is 8.28. The van der Waals surface area contributed by atoms with Gasteiger partial charge in [0.15, 0.2) is 0 Å². The minimum atomic E-state index is -0.421. The summed E-state index contributed by atoms with van der Waals surface area (Å²) in [7, 11) is 1.67. The van der Waals surface area contributed by atoms with Gasteiger partial charge in [0.2, 0.25) is 0 Å². The van der Waals surface area contributed by atoms with Crippen molar-refractivity contribution < 1.29 is 9.84 Å². The second-order valence-electron chi connectivity index (χ2n) is 6.60. The normalized spacial score (nSPS) is 28.9. The SMILES string of the molecule is COc1ccc(C(O)C(C)N2CCCC3CCCC32)cc1. The van der Waals surface area contributed by atoms with Gasteiger partial charge in [-0.25, -0.2) is 0 Å². The maximum absolute atomic E-state index is 10.7. The third-order valence-electron chi connectivity index (χ3n) is 5.47. The summed E-state index contributed by atoms with van der Waals surface area (Å²) in [4.78, 5) is 2.57. The topological polar surface area (TPSA) is 32.7 Å². The maximum atomic E-state index is 10.7. The number of aliphatic hydroxyl groups is 1. The molecule has 1 aromatic carbocycles. The van der Waals surface area contributed by atoms with Crippen LogP contribution in [-0.4, -0.2) is 35.7 Å². The smallest absolute Gasteiger partial charge is 0.118 e. The van der Waals surface area contributed by atoms with Gasteiger partial charge in [-0.1, -0.05) is 18.6 Å². The highest BCUT2D eigenvalue weighted by atomic mass is 16.5. The molecule has 0 spiro atoms. The lowest BCUT2D eigenvalue weighted by Gasteiger charge is -2.43. The summed E-state index contributed by atoms with van der Waals surface area (Å²) in [5.74, 6) is 1.71. The number of aliphatic hydroxyl groups excluding tert-OH is 1. The van der Waals surface area contributed by atoms with E-state index in [-0.39, 0.29) is 6.04 Å². The molecule has 0 bridgehead atoms. The van der Waals surface area contributed by atoms with Crippen molar-refractivity contribution in [2.75, 3.05) is 13.7 Å². The fraction of sp³-hybridized carbons (Fsp3) is 0.667. The molecule has 1 aromatic rings. The molecule has 4 atom stereocenters. The fourth-order valence-electron chi connectivity index (χ4n) is 4.26. The van der Waals surface area contributed by atoms with E-state index in [1.807, 2.05) is 24.3 Å². The monoisotopic (exact) mass is 289 g/mol. The first-order valence-corrected chi connectivity index (χ1v) is 8.28. The van der Waals surface area contributed by atoms with Crippen molar-refractivity contribution >= 4 is 0 Å². The Kier molecular flexibility index (Phi) is 4.51. The molecule has 1 aliphatic carbocycles. The minimum Gasteiger partial charge on any atom is -0.497 e. The number of likely N-dealkylation sites (tertiary alicyclic amines) is 1. The van der Waals surface area contributed by atoms with Gasteiger partial charge in [0.1, 0.15) is 5.75 Å². The van der Waals surface area contributed by atoms with Crippen LogP contribution in [-0.2, 0) is 0 Å². The highest BCUT2D eigenvalue weighted by Gasteiger charge is 2.38. The average molecular weight is 289 g/mol. The number of hydrogen-bond donors (Lipinski definition) is 1. The summed E-state index contributed by atoms with van der Waals surface area (Å²) in [6.07, 6.45) is 6.29. The van der Waals surface area contributed by atoms with Crippen LogP contribution in [0.3, 0.4) is 0 Å². The largest absolute Gasteiger partial charge is 0.497 e. The lowest BCUT2D eigenvalue weighted by molar-refractivity contribution is 0.00222. The summed E-state index contributed by atoms with van der Waals surface area (Å²) in [6.45, 7) is 3.31. The van der Waals surface area contributed by atoms with E-state index in [0.29, 0.717) is 6.04 Å². The highest BCUT2D eigenvalue weighted by Crippen LogP contribution is 2.39. The second-order valence-corrected chi connectivity index (χ2v) is 6.60. The predicted octanol–water partition coefficient (Wildman–Crippen LogP) is 3.38.